The Morgan fingerprint density at radius 2 is 1.87 bits per heavy atom. The molecule has 0 bridgehead atoms. The van der Waals surface area contributed by atoms with E-state index in [4.69, 9.17) is 11.6 Å². The van der Waals surface area contributed by atoms with Crippen LogP contribution in [-0.2, 0) is 11.3 Å². The van der Waals surface area contributed by atoms with Gasteiger partial charge in [0.25, 0.3) is 5.91 Å². The summed E-state index contributed by atoms with van der Waals surface area (Å²) in [6.07, 6.45) is 1.62. The molecule has 0 unspecified atom stereocenters. The molecule has 0 radical (unpaired) electrons. The predicted molar refractivity (Wildman–Crippen MR) is 123 cm³/mol. The average molecular weight is 443 g/mol. The van der Waals surface area contributed by atoms with Crippen LogP contribution in [0.5, 0.6) is 0 Å². The number of hydrazone groups is 1. The smallest absolute Gasteiger partial charge is 0.250 e. The van der Waals surface area contributed by atoms with E-state index in [9.17, 15) is 4.79 Å². The molecule has 1 aromatic heterocycles. The Balaban J connectivity index is 1.56. The Morgan fingerprint density at radius 3 is 2.50 bits per heavy atom. The summed E-state index contributed by atoms with van der Waals surface area (Å²) in [5.74, 6) is 0.728. The molecular formula is C21H23ClN6OS. The van der Waals surface area contributed by atoms with Crippen molar-refractivity contribution < 1.29 is 4.79 Å². The van der Waals surface area contributed by atoms with Crippen LogP contribution < -0.4 is 10.3 Å². The van der Waals surface area contributed by atoms with Gasteiger partial charge in [0.05, 0.1) is 12.0 Å². The van der Waals surface area contributed by atoms with Gasteiger partial charge in [0, 0.05) is 36.9 Å². The zero-order valence-electron chi connectivity index (χ0n) is 17.0. The number of aromatic nitrogens is 3. The van der Waals surface area contributed by atoms with Crippen LogP contribution in [0.25, 0.3) is 11.4 Å². The molecular weight excluding hydrogens is 420 g/mol. The van der Waals surface area contributed by atoms with Gasteiger partial charge in [0.15, 0.2) is 11.0 Å². The maximum atomic E-state index is 12.1. The van der Waals surface area contributed by atoms with Gasteiger partial charge in [-0.15, -0.1) is 10.2 Å². The highest BCUT2D eigenvalue weighted by Crippen LogP contribution is 2.25. The van der Waals surface area contributed by atoms with E-state index < -0.39 is 0 Å². The van der Waals surface area contributed by atoms with Crippen molar-refractivity contribution >= 4 is 41.2 Å². The Kier molecular flexibility index (Phi) is 7.48. The summed E-state index contributed by atoms with van der Waals surface area (Å²) in [6, 6.07) is 15.3. The Labute approximate surface area is 185 Å². The minimum absolute atomic E-state index is 0.190. The first-order chi connectivity index (χ1) is 14.5. The third kappa shape index (κ3) is 5.61. The first kappa shape index (κ1) is 21.9. The van der Waals surface area contributed by atoms with Gasteiger partial charge in [-0.2, -0.15) is 5.10 Å². The fourth-order valence-corrected chi connectivity index (χ4v) is 3.61. The first-order valence-electron chi connectivity index (χ1n) is 9.39. The number of nitrogens with zero attached hydrogens (tertiary/aromatic N) is 5. The Morgan fingerprint density at radius 1 is 1.17 bits per heavy atom. The minimum atomic E-state index is -0.208. The van der Waals surface area contributed by atoms with E-state index in [0.29, 0.717) is 16.7 Å². The van der Waals surface area contributed by atoms with E-state index in [0.717, 1.165) is 22.6 Å². The second-order valence-corrected chi connectivity index (χ2v) is 8.00. The van der Waals surface area contributed by atoms with E-state index in [-0.39, 0.29) is 11.7 Å². The molecule has 0 aliphatic heterocycles. The molecule has 0 aliphatic carbocycles. The molecule has 7 nitrogen and oxygen atoms in total. The van der Waals surface area contributed by atoms with Crippen molar-refractivity contribution in [3.63, 3.8) is 0 Å². The van der Waals surface area contributed by atoms with Crippen LogP contribution in [-0.4, -0.2) is 46.7 Å². The van der Waals surface area contributed by atoms with E-state index in [1.54, 1.807) is 6.21 Å². The number of carbonyl (C=O) groups is 1. The van der Waals surface area contributed by atoms with Gasteiger partial charge in [-0.05, 0) is 48.9 Å². The highest BCUT2D eigenvalue weighted by atomic mass is 35.5. The number of nitrogens with one attached hydrogen (secondary N) is 1. The molecule has 2 aromatic carbocycles. The molecule has 0 saturated heterocycles. The fraction of sp³-hybridized carbons (Fsp3) is 0.238. The second-order valence-electron chi connectivity index (χ2n) is 6.63. The zero-order chi connectivity index (χ0) is 21.5. The third-order valence-corrected chi connectivity index (χ3v) is 5.50. The van der Waals surface area contributed by atoms with Crippen LogP contribution >= 0.6 is 23.4 Å². The zero-order valence-corrected chi connectivity index (χ0v) is 18.6. The van der Waals surface area contributed by atoms with Crippen LogP contribution in [0.15, 0.2) is 58.8 Å². The molecule has 0 atom stereocenters. The molecule has 3 rings (SSSR count). The quantitative estimate of drug-likeness (QED) is 0.325. The molecule has 1 heterocycles. The number of amides is 1. The summed E-state index contributed by atoms with van der Waals surface area (Å²) in [6.45, 7) is 2.70. The van der Waals surface area contributed by atoms with Gasteiger partial charge in [0.1, 0.15) is 0 Å². The van der Waals surface area contributed by atoms with Crippen molar-refractivity contribution in [2.75, 3.05) is 24.7 Å². The molecule has 0 saturated carbocycles. The lowest BCUT2D eigenvalue weighted by atomic mass is 10.2. The molecule has 0 fully saturated rings. The molecule has 1 N–H and O–H groups in total. The Bertz CT molecular complexity index is 1010. The number of rotatable bonds is 8. The van der Waals surface area contributed by atoms with Crippen LogP contribution in [0.1, 0.15) is 12.5 Å². The van der Waals surface area contributed by atoms with E-state index >= 15 is 0 Å². The maximum absolute atomic E-state index is 12.1. The van der Waals surface area contributed by atoms with Crippen LogP contribution in [0, 0.1) is 0 Å². The summed E-state index contributed by atoms with van der Waals surface area (Å²) in [5.41, 5.74) is 5.49. The van der Waals surface area contributed by atoms with E-state index in [1.807, 2.05) is 79.0 Å². The van der Waals surface area contributed by atoms with Crippen molar-refractivity contribution in [2.45, 2.75) is 18.6 Å². The summed E-state index contributed by atoms with van der Waals surface area (Å²) < 4.78 is 1.97. The Hall–Kier alpha value is -2.84. The van der Waals surface area contributed by atoms with Crippen LogP contribution in [0.4, 0.5) is 5.69 Å². The molecule has 156 valence electrons. The number of halogens is 1. The number of anilines is 1. The number of thioether (sulfide) groups is 1. The molecule has 30 heavy (non-hydrogen) atoms. The summed E-state index contributed by atoms with van der Waals surface area (Å²) in [5, 5.41) is 13.9. The van der Waals surface area contributed by atoms with Gasteiger partial charge in [-0.25, -0.2) is 5.43 Å². The van der Waals surface area contributed by atoms with Crippen LogP contribution in [0.3, 0.4) is 0 Å². The molecule has 3 aromatic rings. The monoisotopic (exact) mass is 442 g/mol. The van der Waals surface area contributed by atoms with E-state index in [1.165, 1.54) is 11.8 Å². The van der Waals surface area contributed by atoms with Crippen molar-refractivity contribution in [1.82, 2.24) is 20.2 Å². The van der Waals surface area contributed by atoms with Crippen molar-refractivity contribution in [2.24, 2.45) is 5.10 Å². The largest absolute Gasteiger partial charge is 0.378 e. The molecule has 0 aliphatic rings. The van der Waals surface area contributed by atoms with Gasteiger partial charge >= 0.3 is 0 Å². The molecule has 0 spiro atoms. The topological polar surface area (TPSA) is 75.4 Å². The summed E-state index contributed by atoms with van der Waals surface area (Å²) in [7, 11) is 3.97. The summed E-state index contributed by atoms with van der Waals surface area (Å²) in [4.78, 5) is 14.2. The first-order valence-corrected chi connectivity index (χ1v) is 10.8. The standard InChI is InChI=1S/C21H23ClN6OS/c1-4-28-20(16-7-9-17(22)10-8-16)25-26-21(28)30-14-19(29)24-23-13-15-5-11-18(12-6-15)27(2)3/h5-13H,4,14H2,1-3H3,(H,24,29). The highest BCUT2D eigenvalue weighted by molar-refractivity contribution is 7.99. The lowest BCUT2D eigenvalue weighted by Crippen LogP contribution is -2.20. The van der Waals surface area contributed by atoms with Gasteiger partial charge in [0.2, 0.25) is 0 Å². The fourth-order valence-electron chi connectivity index (χ4n) is 2.69. The SMILES string of the molecule is CCn1c(SCC(=O)NN=Cc2ccc(N(C)C)cc2)nnc1-c1ccc(Cl)cc1. The number of carbonyl (C=O) groups excluding carboxylic acids is 1. The minimum Gasteiger partial charge on any atom is -0.378 e. The highest BCUT2D eigenvalue weighted by Gasteiger charge is 2.14. The molecule has 1 amide bonds. The van der Waals surface area contributed by atoms with Crippen molar-refractivity contribution in [3.05, 3.63) is 59.1 Å². The molecule has 9 heteroatoms. The van der Waals surface area contributed by atoms with Gasteiger partial charge in [-0.1, -0.05) is 35.5 Å². The van der Waals surface area contributed by atoms with Crippen molar-refractivity contribution in [1.29, 1.82) is 0 Å². The number of benzene rings is 2. The van der Waals surface area contributed by atoms with E-state index in [2.05, 4.69) is 20.7 Å². The van der Waals surface area contributed by atoms with Gasteiger partial charge < -0.3 is 9.47 Å². The van der Waals surface area contributed by atoms with Gasteiger partial charge in [-0.3, -0.25) is 4.79 Å². The third-order valence-electron chi connectivity index (χ3n) is 4.28. The second kappa shape index (κ2) is 10.3. The normalized spacial score (nSPS) is 11.1. The van der Waals surface area contributed by atoms with Crippen LogP contribution in [0.2, 0.25) is 5.02 Å². The maximum Gasteiger partial charge on any atom is 0.250 e. The lowest BCUT2D eigenvalue weighted by Gasteiger charge is -2.11. The number of hydrogen-bond acceptors (Lipinski definition) is 6. The van der Waals surface area contributed by atoms with Crippen molar-refractivity contribution in [3.8, 4) is 11.4 Å². The predicted octanol–water partition coefficient (Wildman–Crippen LogP) is 3.93. The average Bonchev–Trinajstić information content (AvgIpc) is 3.16. The number of hydrogen-bond donors (Lipinski definition) is 1. The lowest BCUT2D eigenvalue weighted by molar-refractivity contribution is -0.118. The summed E-state index contributed by atoms with van der Waals surface area (Å²) >= 11 is 7.28.